The predicted octanol–water partition coefficient (Wildman–Crippen LogP) is 5.25. The van der Waals surface area contributed by atoms with E-state index in [0.717, 1.165) is 32.1 Å². The van der Waals surface area contributed by atoms with Gasteiger partial charge in [0.15, 0.2) is 0 Å². The third-order valence-electron chi connectivity index (χ3n) is 12.1. The van der Waals surface area contributed by atoms with Crippen LogP contribution in [0.4, 0.5) is 0 Å². The van der Waals surface area contributed by atoms with Crippen molar-refractivity contribution in [3.63, 3.8) is 0 Å². The highest BCUT2D eigenvalue weighted by Gasteiger charge is 2.68. The number of fused-ring (bicyclic) bond motifs is 2. The number of ketones is 1. The number of rotatable bonds is 5. The van der Waals surface area contributed by atoms with Gasteiger partial charge in [0.2, 0.25) is 0 Å². The van der Waals surface area contributed by atoms with Crippen LogP contribution in [-0.4, -0.2) is 64.1 Å². The summed E-state index contributed by atoms with van der Waals surface area (Å²) in [6.07, 6.45) is 9.58. The number of esters is 1. The summed E-state index contributed by atoms with van der Waals surface area (Å²) in [6, 6.07) is 1.31. The zero-order valence-electron chi connectivity index (χ0n) is 23.0. The molecule has 4 bridgehead atoms. The molecule has 5 fully saturated rings. The number of aliphatic hydroxyl groups excluding tert-OH is 1. The number of thioether (sulfide) groups is 1. The Kier molecular flexibility index (Phi) is 6.99. The van der Waals surface area contributed by atoms with E-state index >= 15 is 0 Å². The molecule has 2 saturated heterocycles. The second-order valence-electron chi connectivity index (χ2n) is 13.5. The zero-order chi connectivity index (χ0) is 26.0. The van der Waals surface area contributed by atoms with Crippen molar-refractivity contribution < 1.29 is 19.4 Å². The van der Waals surface area contributed by atoms with Crippen LogP contribution in [0.15, 0.2) is 12.7 Å². The summed E-state index contributed by atoms with van der Waals surface area (Å²) in [5.41, 5.74) is -1.24. The minimum Gasteiger partial charge on any atom is -0.461 e. The fourth-order valence-electron chi connectivity index (χ4n) is 9.38. The Morgan fingerprint density at radius 1 is 1.19 bits per heavy atom. The van der Waals surface area contributed by atoms with Crippen molar-refractivity contribution >= 4 is 23.5 Å². The summed E-state index contributed by atoms with van der Waals surface area (Å²) in [6.45, 7) is 12.8. The molecular weight excluding hydrogens is 470 g/mol. The number of ether oxygens (including phenoxy) is 1. The van der Waals surface area contributed by atoms with Crippen LogP contribution in [0.5, 0.6) is 0 Å². The lowest BCUT2D eigenvalue weighted by atomic mass is 9.44. The maximum Gasteiger partial charge on any atom is 0.316 e. The molecule has 1 N–H and O–H groups in total. The van der Waals surface area contributed by atoms with Crippen LogP contribution in [0.1, 0.15) is 85.5 Å². The van der Waals surface area contributed by atoms with Crippen molar-refractivity contribution in [3.8, 4) is 0 Å². The topological polar surface area (TPSA) is 66.8 Å². The molecule has 1 unspecified atom stereocenters. The van der Waals surface area contributed by atoms with Crippen LogP contribution in [0.3, 0.4) is 0 Å². The quantitative estimate of drug-likeness (QED) is 0.397. The molecule has 36 heavy (non-hydrogen) atoms. The molecule has 2 heterocycles. The number of carbonyl (C=O) groups excluding carboxylic acids is 2. The monoisotopic (exact) mass is 517 g/mol. The summed E-state index contributed by atoms with van der Waals surface area (Å²) in [5.74, 6) is 0.605. The van der Waals surface area contributed by atoms with Gasteiger partial charge in [-0.15, -0.1) is 18.3 Å². The van der Waals surface area contributed by atoms with Crippen molar-refractivity contribution in [2.45, 2.75) is 115 Å². The van der Waals surface area contributed by atoms with E-state index in [2.05, 4.69) is 46.2 Å². The molecule has 0 spiro atoms. The highest BCUT2D eigenvalue weighted by atomic mass is 32.2. The Morgan fingerprint density at radius 3 is 2.50 bits per heavy atom. The molecule has 0 radical (unpaired) electrons. The Balaban J connectivity index is 1.39. The van der Waals surface area contributed by atoms with E-state index in [9.17, 15) is 14.7 Å². The Hall–Kier alpha value is -0.850. The number of carbonyl (C=O) groups is 2. The first-order valence-corrected chi connectivity index (χ1v) is 15.4. The molecule has 2 aliphatic heterocycles. The summed E-state index contributed by atoms with van der Waals surface area (Å²) in [5, 5.41) is 12.2. The summed E-state index contributed by atoms with van der Waals surface area (Å²) < 4.78 is 6.42. The first-order valence-electron chi connectivity index (χ1n) is 14.3. The molecule has 6 heteroatoms. The van der Waals surface area contributed by atoms with Gasteiger partial charge in [-0.05, 0) is 75.7 Å². The molecule has 5 aliphatic rings. The van der Waals surface area contributed by atoms with E-state index in [1.54, 1.807) is 11.8 Å². The Bertz CT molecular complexity index is 895. The highest BCUT2D eigenvalue weighted by Crippen LogP contribution is 2.68. The second kappa shape index (κ2) is 9.41. The van der Waals surface area contributed by atoms with Crippen molar-refractivity contribution in [2.75, 3.05) is 12.8 Å². The molecule has 0 aromatic carbocycles. The first-order chi connectivity index (χ1) is 17.0. The standard InChI is InChI=1S/C30H47NO4S/c1-7-28(4)16-24(35-25(33)17-36-22-14-20-8-9-21(15-22)31(20)6)29(5)18(2)10-12-30(19(3)27(28)34)13-11-23(32)26(29)30/h7,18-22,24,26-27,34H,1,8-17H2,2-6H3/t18-,19-,20-,21+,22?,24+,26-,27-,28-,29-,30-/m0/s1. The molecule has 11 atom stereocenters. The summed E-state index contributed by atoms with van der Waals surface area (Å²) in [7, 11) is 2.24. The molecule has 5 rings (SSSR count). The van der Waals surface area contributed by atoms with Crippen molar-refractivity contribution in [3.05, 3.63) is 12.7 Å². The van der Waals surface area contributed by atoms with Crippen molar-refractivity contribution in [1.82, 2.24) is 4.90 Å². The normalized spacial score (nSPS) is 50.8. The minimum atomic E-state index is -0.619. The average molecular weight is 518 g/mol. The molecular formula is C30H47NO4S. The van der Waals surface area contributed by atoms with Crippen LogP contribution >= 0.6 is 11.8 Å². The number of Topliss-reactive ketones (excluding diaryl/α,β-unsaturated/α-hetero) is 1. The first kappa shape index (κ1) is 26.7. The lowest BCUT2D eigenvalue weighted by molar-refractivity contribution is -0.205. The maximum absolute atomic E-state index is 13.5. The maximum atomic E-state index is 13.5. The van der Waals surface area contributed by atoms with Gasteiger partial charge in [-0.1, -0.05) is 33.8 Å². The Morgan fingerprint density at radius 2 is 1.86 bits per heavy atom. The Labute approximate surface area is 222 Å². The molecule has 3 saturated carbocycles. The third kappa shape index (κ3) is 3.95. The number of hydrogen-bond donors (Lipinski definition) is 1. The van der Waals surface area contributed by atoms with Gasteiger partial charge in [0.05, 0.1) is 11.9 Å². The van der Waals surface area contributed by atoms with E-state index in [0.29, 0.717) is 41.7 Å². The van der Waals surface area contributed by atoms with E-state index in [1.807, 2.05) is 6.08 Å². The third-order valence-corrected chi connectivity index (χ3v) is 13.3. The molecule has 5 nitrogen and oxygen atoms in total. The summed E-state index contributed by atoms with van der Waals surface area (Å²) in [4.78, 5) is 29.4. The van der Waals surface area contributed by atoms with Crippen molar-refractivity contribution in [2.24, 2.45) is 34.0 Å². The van der Waals surface area contributed by atoms with E-state index in [1.165, 1.54) is 12.8 Å². The smallest absolute Gasteiger partial charge is 0.316 e. The predicted molar refractivity (Wildman–Crippen MR) is 145 cm³/mol. The van der Waals surface area contributed by atoms with Gasteiger partial charge in [0, 0.05) is 40.5 Å². The zero-order valence-corrected chi connectivity index (χ0v) is 23.8. The summed E-state index contributed by atoms with van der Waals surface area (Å²) >= 11 is 1.76. The number of nitrogens with zero attached hydrogens (tertiary/aromatic N) is 1. The fraction of sp³-hybridized carbons (Fsp3) is 0.867. The van der Waals surface area contributed by atoms with Crippen LogP contribution in [0.25, 0.3) is 0 Å². The largest absolute Gasteiger partial charge is 0.461 e. The van der Waals surface area contributed by atoms with Crippen LogP contribution in [-0.2, 0) is 14.3 Å². The SMILES string of the molecule is C=C[C@@]1(C)C[C@@H](OC(=O)CSC2C[C@H]3CC[C@@H](C2)N3C)[C@@]2(C)[C@@H]3C(=O)CC[C@@]3(CC[C@@H]2C)[C@@H](C)[C@@H]1O. The lowest BCUT2D eigenvalue weighted by Crippen LogP contribution is -2.63. The van der Waals surface area contributed by atoms with Gasteiger partial charge in [-0.2, -0.15) is 0 Å². The van der Waals surface area contributed by atoms with Gasteiger partial charge in [0.1, 0.15) is 11.9 Å². The van der Waals surface area contributed by atoms with Gasteiger partial charge < -0.3 is 14.7 Å². The fourth-order valence-corrected chi connectivity index (χ4v) is 10.5. The molecule has 202 valence electrons. The van der Waals surface area contributed by atoms with E-state index in [-0.39, 0.29) is 29.1 Å². The van der Waals surface area contributed by atoms with E-state index < -0.39 is 23.0 Å². The molecule has 0 aromatic rings. The lowest BCUT2D eigenvalue weighted by Gasteiger charge is -2.61. The van der Waals surface area contributed by atoms with E-state index in [4.69, 9.17) is 4.74 Å². The average Bonchev–Trinajstić information content (AvgIpc) is 3.28. The molecule has 3 aliphatic carbocycles. The van der Waals surface area contributed by atoms with Crippen LogP contribution in [0, 0.1) is 34.0 Å². The van der Waals surface area contributed by atoms with Gasteiger partial charge >= 0.3 is 5.97 Å². The highest BCUT2D eigenvalue weighted by molar-refractivity contribution is 8.00. The van der Waals surface area contributed by atoms with Crippen LogP contribution in [0.2, 0.25) is 0 Å². The van der Waals surface area contributed by atoms with Gasteiger partial charge in [-0.25, -0.2) is 0 Å². The van der Waals surface area contributed by atoms with Gasteiger partial charge in [0.25, 0.3) is 0 Å². The van der Waals surface area contributed by atoms with Gasteiger partial charge in [-0.3, -0.25) is 9.59 Å². The molecule has 0 amide bonds. The van der Waals surface area contributed by atoms with Crippen molar-refractivity contribution in [1.29, 1.82) is 0 Å². The van der Waals surface area contributed by atoms with Crippen LogP contribution < -0.4 is 0 Å². The minimum absolute atomic E-state index is 0.00390. The number of piperidine rings is 1. The second-order valence-corrected chi connectivity index (χ2v) is 14.8. The number of aliphatic hydroxyl groups is 1. The number of hydrogen-bond acceptors (Lipinski definition) is 6. The molecule has 0 aromatic heterocycles.